The second-order valence-corrected chi connectivity index (χ2v) is 3.24. The van der Waals surface area contributed by atoms with Gasteiger partial charge in [0.25, 0.3) is 0 Å². The summed E-state index contributed by atoms with van der Waals surface area (Å²) >= 11 is 0. The van der Waals surface area contributed by atoms with Crippen molar-refractivity contribution in [3.63, 3.8) is 0 Å². The lowest BCUT2D eigenvalue weighted by molar-refractivity contribution is 0.101. The highest BCUT2D eigenvalue weighted by atomic mass is 16.5. The van der Waals surface area contributed by atoms with E-state index >= 15 is 0 Å². The average molecular weight is 203 g/mol. The maximum Gasteiger partial charge on any atom is 0.163 e. The van der Waals surface area contributed by atoms with Gasteiger partial charge in [0.05, 0.1) is 24.3 Å². The lowest BCUT2D eigenvalue weighted by Gasteiger charge is -2.11. The summed E-state index contributed by atoms with van der Waals surface area (Å²) < 4.78 is 5.20. The fourth-order valence-electron chi connectivity index (χ4n) is 1.52. The van der Waals surface area contributed by atoms with E-state index in [1.807, 2.05) is 13.0 Å². The SMILES string of the molecule is CCc1cc(C#N)cc(C(C)=O)c1OC. The molecule has 1 aromatic carbocycles. The Morgan fingerprint density at radius 2 is 2.20 bits per heavy atom. The number of hydrogen-bond donors (Lipinski definition) is 0. The standard InChI is InChI=1S/C12H13NO2/c1-4-10-5-9(7-13)6-11(8(2)14)12(10)15-3/h5-6H,4H2,1-3H3. The van der Waals surface area contributed by atoms with E-state index in [2.05, 4.69) is 0 Å². The molecule has 0 aliphatic heterocycles. The van der Waals surface area contributed by atoms with E-state index in [9.17, 15) is 4.79 Å². The molecule has 0 spiro atoms. The number of hydrogen-bond acceptors (Lipinski definition) is 3. The van der Waals surface area contributed by atoms with E-state index in [0.29, 0.717) is 16.9 Å². The molecule has 0 unspecified atom stereocenters. The number of carbonyl (C=O) groups is 1. The number of nitriles is 1. The van der Waals surface area contributed by atoms with Crippen molar-refractivity contribution in [3.05, 3.63) is 28.8 Å². The van der Waals surface area contributed by atoms with Gasteiger partial charge in [-0.05, 0) is 31.0 Å². The molecule has 0 bridgehead atoms. The van der Waals surface area contributed by atoms with Crippen LogP contribution in [0.15, 0.2) is 12.1 Å². The van der Waals surface area contributed by atoms with E-state index in [4.69, 9.17) is 10.00 Å². The van der Waals surface area contributed by atoms with Crippen LogP contribution in [0.3, 0.4) is 0 Å². The Kier molecular flexibility index (Phi) is 3.46. The topological polar surface area (TPSA) is 50.1 Å². The van der Waals surface area contributed by atoms with Gasteiger partial charge in [-0.2, -0.15) is 5.26 Å². The Bertz CT molecular complexity index is 430. The predicted octanol–water partition coefficient (Wildman–Crippen LogP) is 2.33. The van der Waals surface area contributed by atoms with Crippen LogP contribution >= 0.6 is 0 Å². The van der Waals surface area contributed by atoms with Gasteiger partial charge in [0.2, 0.25) is 0 Å². The van der Waals surface area contributed by atoms with Crippen molar-refractivity contribution in [1.82, 2.24) is 0 Å². The van der Waals surface area contributed by atoms with Crippen molar-refractivity contribution in [2.45, 2.75) is 20.3 Å². The molecule has 0 atom stereocenters. The van der Waals surface area contributed by atoms with Gasteiger partial charge in [-0.15, -0.1) is 0 Å². The van der Waals surface area contributed by atoms with Crippen LogP contribution in [0.2, 0.25) is 0 Å². The van der Waals surface area contributed by atoms with Crippen LogP contribution in [0.5, 0.6) is 5.75 Å². The van der Waals surface area contributed by atoms with Gasteiger partial charge in [0.15, 0.2) is 5.78 Å². The summed E-state index contributed by atoms with van der Waals surface area (Å²) in [5.41, 5.74) is 1.87. The fraction of sp³-hybridized carbons (Fsp3) is 0.333. The van der Waals surface area contributed by atoms with Crippen molar-refractivity contribution in [2.24, 2.45) is 0 Å². The van der Waals surface area contributed by atoms with E-state index in [1.54, 1.807) is 12.1 Å². The highest BCUT2D eigenvalue weighted by Crippen LogP contribution is 2.26. The van der Waals surface area contributed by atoms with Crippen LogP contribution in [-0.4, -0.2) is 12.9 Å². The molecule has 0 aliphatic rings. The van der Waals surface area contributed by atoms with Crippen LogP contribution in [0, 0.1) is 11.3 Å². The van der Waals surface area contributed by atoms with E-state index in [-0.39, 0.29) is 5.78 Å². The minimum Gasteiger partial charge on any atom is -0.496 e. The summed E-state index contributed by atoms with van der Waals surface area (Å²) in [4.78, 5) is 11.4. The van der Waals surface area contributed by atoms with Crippen LogP contribution in [0.25, 0.3) is 0 Å². The van der Waals surface area contributed by atoms with E-state index in [1.165, 1.54) is 14.0 Å². The number of methoxy groups -OCH3 is 1. The number of ketones is 1. The van der Waals surface area contributed by atoms with Crippen molar-refractivity contribution >= 4 is 5.78 Å². The number of rotatable bonds is 3. The Balaban J connectivity index is 3.47. The molecule has 0 radical (unpaired) electrons. The number of Topliss-reactive ketones (excluding diaryl/α,β-unsaturated/α-hetero) is 1. The molecular weight excluding hydrogens is 190 g/mol. The maximum atomic E-state index is 11.4. The molecule has 0 aliphatic carbocycles. The zero-order chi connectivity index (χ0) is 11.4. The van der Waals surface area contributed by atoms with Crippen molar-refractivity contribution in [3.8, 4) is 11.8 Å². The van der Waals surface area contributed by atoms with Gasteiger partial charge in [-0.3, -0.25) is 4.79 Å². The summed E-state index contributed by atoms with van der Waals surface area (Å²) in [6, 6.07) is 5.37. The van der Waals surface area contributed by atoms with Crippen LogP contribution in [0.4, 0.5) is 0 Å². The molecule has 1 rings (SSSR count). The van der Waals surface area contributed by atoms with Gasteiger partial charge in [-0.1, -0.05) is 6.92 Å². The first-order valence-electron chi connectivity index (χ1n) is 4.76. The highest BCUT2D eigenvalue weighted by Gasteiger charge is 2.13. The summed E-state index contributed by atoms with van der Waals surface area (Å²) in [7, 11) is 1.53. The third-order valence-electron chi connectivity index (χ3n) is 2.26. The first-order valence-corrected chi connectivity index (χ1v) is 4.76. The zero-order valence-corrected chi connectivity index (χ0v) is 9.13. The van der Waals surface area contributed by atoms with Crippen LogP contribution < -0.4 is 4.74 Å². The number of benzene rings is 1. The molecule has 0 amide bonds. The molecule has 3 heteroatoms. The molecule has 0 saturated heterocycles. The lowest BCUT2D eigenvalue weighted by atomic mass is 10.0. The maximum absolute atomic E-state index is 11.4. The first-order chi connectivity index (χ1) is 7.13. The molecule has 78 valence electrons. The first kappa shape index (κ1) is 11.3. The molecule has 0 saturated carbocycles. The molecule has 15 heavy (non-hydrogen) atoms. The fourth-order valence-corrected chi connectivity index (χ4v) is 1.52. The normalized spacial score (nSPS) is 9.47. The quantitative estimate of drug-likeness (QED) is 0.708. The molecular formula is C12H13NO2. The van der Waals surface area contributed by atoms with Crippen molar-refractivity contribution < 1.29 is 9.53 Å². The van der Waals surface area contributed by atoms with Gasteiger partial charge in [0, 0.05) is 0 Å². The van der Waals surface area contributed by atoms with E-state index < -0.39 is 0 Å². The molecule has 1 aromatic rings. The number of nitrogens with zero attached hydrogens (tertiary/aromatic N) is 1. The third-order valence-corrected chi connectivity index (χ3v) is 2.26. The Hall–Kier alpha value is -1.82. The average Bonchev–Trinajstić information content (AvgIpc) is 2.26. The summed E-state index contributed by atoms with van der Waals surface area (Å²) in [6.07, 6.45) is 0.735. The number of ether oxygens (including phenoxy) is 1. The molecule has 0 fully saturated rings. The minimum absolute atomic E-state index is 0.0846. The lowest BCUT2D eigenvalue weighted by Crippen LogP contribution is -2.02. The largest absolute Gasteiger partial charge is 0.496 e. The highest BCUT2D eigenvalue weighted by molar-refractivity contribution is 5.97. The van der Waals surface area contributed by atoms with Gasteiger partial charge < -0.3 is 4.74 Å². The zero-order valence-electron chi connectivity index (χ0n) is 9.13. The summed E-state index contributed by atoms with van der Waals surface area (Å²) in [5.74, 6) is 0.502. The van der Waals surface area contributed by atoms with Gasteiger partial charge in [-0.25, -0.2) is 0 Å². The predicted molar refractivity (Wildman–Crippen MR) is 57.1 cm³/mol. The van der Waals surface area contributed by atoms with Crippen LogP contribution in [-0.2, 0) is 6.42 Å². The number of carbonyl (C=O) groups excluding carboxylic acids is 1. The summed E-state index contributed by atoms with van der Waals surface area (Å²) in [5, 5.41) is 8.83. The minimum atomic E-state index is -0.0846. The third kappa shape index (κ3) is 2.16. The number of aryl methyl sites for hydroxylation is 1. The summed E-state index contributed by atoms with van der Waals surface area (Å²) in [6.45, 7) is 3.43. The van der Waals surface area contributed by atoms with Gasteiger partial charge >= 0.3 is 0 Å². The van der Waals surface area contributed by atoms with Crippen molar-refractivity contribution in [2.75, 3.05) is 7.11 Å². The second-order valence-electron chi connectivity index (χ2n) is 3.24. The molecule has 0 heterocycles. The molecule has 3 nitrogen and oxygen atoms in total. The van der Waals surface area contributed by atoms with Gasteiger partial charge in [0.1, 0.15) is 5.75 Å². The Morgan fingerprint density at radius 1 is 1.53 bits per heavy atom. The monoisotopic (exact) mass is 203 g/mol. The molecule has 0 N–H and O–H groups in total. The Labute approximate surface area is 89.3 Å². The van der Waals surface area contributed by atoms with Crippen LogP contribution in [0.1, 0.15) is 35.3 Å². The van der Waals surface area contributed by atoms with Crippen molar-refractivity contribution in [1.29, 1.82) is 5.26 Å². The smallest absolute Gasteiger partial charge is 0.163 e. The van der Waals surface area contributed by atoms with E-state index in [0.717, 1.165) is 12.0 Å². The molecule has 0 aromatic heterocycles. The Morgan fingerprint density at radius 3 is 2.60 bits per heavy atom. The second kappa shape index (κ2) is 4.61.